The van der Waals surface area contributed by atoms with Crippen molar-refractivity contribution in [3.8, 4) is 0 Å². The van der Waals surface area contributed by atoms with E-state index in [1.807, 2.05) is 36.9 Å². The van der Waals surface area contributed by atoms with Gasteiger partial charge in [0.15, 0.2) is 0 Å². The summed E-state index contributed by atoms with van der Waals surface area (Å²) in [7, 11) is 0. The maximum Gasteiger partial charge on any atom is 0.125 e. The van der Waals surface area contributed by atoms with E-state index in [4.69, 9.17) is 4.74 Å². The van der Waals surface area contributed by atoms with Gasteiger partial charge in [-0.05, 0) is 49.7 Å². The van der Waals surface area contributed by atoms with Crippen LogP contribution in [-0.2, 0) is 4.74 Å². The number of anilines is 2. The SMILES string of the molecule is CC.c1cc(Nc2ccc3scnc3c2)c2cc(C3CCNC34CCOC4)sc2n1. The van der Waals surface area contributed by atoms with E-state index >= 15 is 0 Å². The maximum atomic E-state index is 5.75. The Bertz CT molecular complexity index is 1160. The smallest absolute Gasteiger partial charge is 0.125 e. The molecule has 5 nitrogen and oxygen atoms in total. The highest BCUT2D eigenvalue weighted by molar-refractivity contribution is 7.18. The minimum absolute atomic E-state index is 0.115. The van der Waals surface area contributed by atoms with Crippen LogP contribution in [0.5, 0.6) is 0 Å². The molecule has 4 aromatic rings. The number of aromatic nitrogens is 2. The molecular weight excluding hydrogens is 412 g/mol. The van der Waals surface area contributed by atoms with Gasteiger partial charge in [-0.15, -0.1) is 22.7 Å². The van der Waals surface area contributed by atoms with Crippen LogP contribution in [0.2, 0.25) is 0 Å². The molecule has 2 aliphatic rings. The fourth-order valence-corrected chi connectivity index (χ4v) is 6.54. The van der Waals surface area contributed by atoms with Crippen molar-refractivity contribution in [3.05, 3.63) is 46.9 Å². The van der Waals surface area contributed by atoms with E-state index in [2.05, 4.69) is 50.9 Å². The summed E-state index contributed by atoms with van der Waals surface area (Å²) in [6.07, 6.45) is 4.16. The van der Waals surface area contributed by atoms with Gasteiger partial charge in [0.05, 0.1) is 33.6 Å². The highest BCUT2D eigenvalue weighted by Crippen LogP contribution is 2.45. The second-order valence-electron chi connectivity index (χ2n) is 7.61. The zero-order valence-corrected chi connectivity index (χ0v) is 18.9. The Morgan fingerprint density at radius 1 is 1.20 bits per heavy atom. The van der Waals surface area contributed by atoms with Gasteiger partial charge in [-0.3, -0.25) is 0 Å². The van der Waals surface area contributed by atoms with Crippen molar-refractivity contribution in [2.45, 2.75) is 38.1 Å². The first kappa shape index (κ1) is 19.9. The molecule has 7 heteroatoms. The van der Waals surface area contributed by atoms with Crippen LogP contribution in [0.3, 0.4) is 0 Å². The van der Waals surface area contributed by atoms with Gasteiger partial charge in [-0.25, -0.2) is 9.97 Å². The van der Waals surface area contributed by atoms with Gasteiger partial charge < -0.3 is 15.4 Å². The molecule has 6 rings (SSSR count). The van der Waals surface area contributed by atoms with Gasteiger partial charge in [0, 0.05) is 34.7 Å². The molecule has 2 N–H and O–H groups in total. The Hall–Kier alpha value is -2.06. The molecule has 3 aromatic heterocycles. The third kappa shape index (κ3) is 3.39. The lowest BCUT2D eigenvalue weighted by Gasteiger charge is -2.28. The quantitative estimate of drug-likeness (QED) is 0.416. The average molecular weight is 439 g/mol. The number of nitrogens with zero attached hydrogens (tertiary/aromatic N) is 2. The summed E-state index contributed by atoms with van der Waals surface area (Å²) < 4.78 is 6.96. The van der Waals surface area contributed by atoms with Gasteiger partial charge in [0.2, 0.25) is 0 Å². The van der Waals surface area contributed by atoms with Crippen LogP contribution < -0.4 is 10.6 Å². The summed E-state index contributed by atoms with van der Waals surface area (Å²) in [6.45, 7) is 6.74. The van der Waals surface area contributed by atoms with Crippen molar-refractivity contribution in [3.63, 3.8) is 0 Å². The van der Waals surface area contributed by atoms with E-state index in [0.717, 1.165) is 47.9 Å². The number of ether oxygens (including phenoxy) is 1. The fraction of sp³-hybridized carbons (Fsp3) is 0.391. The molecule has 2 aliphatic heterocycles. The maximum absolute atomic E-state index is 5.75. The number of hydrogen-bond donors (Lipinski definition) is 2. The molecule has 1 aromatic carbocycles. The average Bonchev–Trinajstić information content (AvgIpc) is 3.57. The predicted octanol–water partition coefficient (Wildman–Crippen LogP) is 5.91. The number of hydrogen-bond acceptors (Lipinski definition) is 7. The van der Waals surface area contributed by atoms with Crippen molar-refractivity contribution < 1.29 is 4.74 Å². The number of benzene rings is 1. The topological polar surface area (TPSA) is 59.1 Å². The van der Waals surface area contributed by atoms with Crippen LogP contribution in [-0.4, -0.2) is 35.3 Å². The van der Waals surface area contributed by atoms with E-state index in [-0.39, 0.29) is 5.54 Å². The van der Waals surface area contributed by atoms with Crippen molar-refractivity contribution in [2.75, 3.05) is 25.1 Å². The zero-order chi connectivity index (χ0) is 20.6. The van der Waals surface area contributed by atoms with Crippen LogP contribution in [0.15, 0.2) is 42.0 Å². The van der Waals surface area contributed by atoms with E-state index in [0.29, 0.717) is 5.92 Å². The summed E-state index contributed by atoms with van der Waals surface area (Å²) in [5.41, 5.74) is 5.20. The van der Waals surface area contributed by atoms with Gasteiger partial charge in [0.25, 0.3) is 0 Å². The number of thiazole rings is 1. The van der Waals surface area contributed by atoms with Crippen molar-refractivity contribution >= 4 is 54.5 Å². The number of pyridine rings is 1. The van der Waals surface area contributed by atoms with Crippen molar-refractivity contribution in [2.24, 2.45) is 0 Å². The molecule has 2 unspecified atom stereocenters. The van der Waals surface area contributed by atoms with Crippen LogP contribution in [0.4, 0.5) is 11.4 Å². The van der Waals surface area contributed by atoms with Gasteiger partial charge in [-0.2, -0.15) is 0 Å². The van der Waals surface area contributed by atoms with Crippen LogP contribution in [0, 0.1) is 0 Å². The Morgan fingerprint density at radius 2 is 2.13 bits per heavy atom. The molecule has 2 fully saturated rings. The summed E-state index contributed by atoms with van der Waals surface area (Å²) in [6, 6.07) is 10.8. The molecule has 5 heterocycles. The van der Waals surface area contributed by atoms with E-state index in [1.54, 1.807) is 11.3 Å². The highest BCUT2D eigenvalue weighted by atomic mass is 32.1. The van der Waals surface area contributed by atoms with Gasteiger partial charge in [0.1, 0.15) is 4.83 Å². The minimum atomic E-state index is 0.115. The van der Waals surface area contributed by atoms with Crippen LogP contribution >= 0.6 is 22.7 Å². The summed E-state index contributed by atoms with van der Waals surface area (Å²) in [5.74, 6) is 0.508. The van der Waals surface area contributed by atoms with E-state index < -0.39 is 0 Å². The molecule has 0 amide bonds. The van der Waals surface area contributed by atoms with Crippen LogP contribution in [0.1, 0.15) is 37.5 Å². The lowest BCUT2D eigenvalue weighted by atomic mass is 9.83. The lowest BCUT2D eigenvalue weighted by molar-refractivity contribution is 0.168. The largest absolute Gasteiger partial charge is 0.379 e. The third-order valence-corrected chi connectivity index (χ3v) is 8.00. The van der Waals surface area contributed by atoms with Gasteiger partial charge >= 0.3 is 0 Å². The summed E-state index contributed by atoms with van der Waals surface area (Å²) in [5, 5.41) is 8.51. The summed E-state index contributed by atoms with van der Waals surface area (Å²) >= 11 is 3.49. The lowest BCUT2D eigenvalue weighted by Crippen LogP contribution is -2.44. The number of rotatable bonds is 3. The second-order valence-corrected chi connectivity index (χ2v) is 9.56. The van der Waals surface area contributed by atoms with Crippen LogP contribution in [0.25, 0.3) is 20.4 Å². The molecule has 30 heavy (non-hydrogen) atoms. The zero-order valence-electron chi connectivity index (χ0n) is 17.3. The first-order valence-electron chi connectivity index (χ1n) is 10.6. The molecular formula is C23H26N4OS2. The van der Waals surface area contributed by atoms with E-state index in [9.17, 15) is 0 Å². The third-order valence-electron chi connectivity index (χ3n) is 6.04. The fourth-order valence-electron chi connectivity index (χ4n) is 4.60. The second kappa shape index (κ2) is 8.23. The first-order valence-corrected chi connectivity index (χ1v) is 12.3. The predicted molar refractivity (Wildman–Crippen MR) is 127 cm³/mol. The van der Waals surface area contributed by atoms with E-state index in [1.165, 1.54) is 21.4 Å². The standard InChI is InChI=1S/C21H20N4OS2.C2H6/c1-2-18-17(23-12-27-18)9-13(1)25-16-4-6-22-20-14(16)10-19(28-20)15-3-7-24-21(15)5-8-26-11-21;1-2/h1-2,4,6,9-10,12,15,24H,3,5,7-8,11H2,(H,22,25);1-2H3. The molecule has 0 radical (unpaired) electrons. The van der Waals surface area contributed by atoms with Gasteiger partial charge in [-0.1, -0.05) is 13.8 Å². The summed E-state index contributed by atoms with van der Waals surface area (Å²) in [4.78, 5) is 11.6. The minimum Gasteiger partial charge on any atom is -0.379 e. The Balaban J connectivity index is 0.000000937. The first-order chi connectivity index (χ1) is 14.8. The van der Waals surface area contributed by atoms with Crippen molar-refractivity contribution in [1.82, 2.24) is 15.3 Å². The highest BCUT2D eigenvalue weighted by Gasteiger charge is 2.46. The monoisotopic (exact) mass is 438 g/mol. The molecule has 2 saturated heterocycles. The number of thiophene rings is 1. The number of nitrogens with one attached hydrogen (secondary N) is 2. The number of fused-ring (bicyclic) bond motifs is 2. The molecule has 2 atom stereocenters. The Labute approximate surface area is 184 Å². The molecule has 0 aliphatic carbocycles. The normalized spacial score (nSPS) is 23.2. The Morgan fingerprint density at radius 3 is 3.00 bits per heavy atom. The molecule has 156 valence electrons. The Kier molecular flexibility index (Phi) is 5.45. The molecule has 0 bridgehead atoms. The molecule has 1 spiro atoms. The molecule has 0 saturated carbocycles. The van der Waals surface area contributed by atoms with Crippen molar-refractivity contribution in [1.29, 1.82) is 0 Å².